The van der Waals surface area contributed by atoms with Gasteiger partial charge in [-0.15, -0.1) is 0 Å². The van der Waals surface area contributed by atoms with Gasteiger partial charge in [-0.1, -0.05) is 18.2 Å². The lowest BCUT2D eigenvalue weighted by Gasteiger charge is -2.08. The Morgan fingerprint density at radius 2 is 1.96 bits per heavy atom. The molecule has 1 aromatic heterocycles. The molecule has 0 spiro atoms. The highest BCUT2D eigenvalue weighted by Gasteiger charge is 2.26. The van der Waals surface area contributed by atoms with Crippen molar-refractivity contribution < 1.29 is 15.0 Å². The van der Waals surface area contributed by atoms with E-state index in [1.54, 1.807) is 0 Å². The maximum absolute atomic E-state index is 12.6. The number of phenols is 2. The molecule has 4 rings (SSSR count). The van der Waals surface area contributed by atoms with Crippen molar-refractivity contribution in [3.8, 4) is 11.5 Å². The van der Waals surface area contributed by atoms with Gasteiger partial charge in [0.2, 0.25) is 0 Å². The standard InChI is InChI=1S/C20H17N3O3/c24-14-8-7-13(19(25)9-14)11-21-23-20(26)16-10-18(12-5-6-12)22-17-4-2-1-3-15(16)17/h1-4,7-12,24-25H,5-6H2,(H,23,26)/b21-11+. The molecule has 0 atom stereocenters. The van der Waals surface area contributed by atoms with Crippen molar-refractivity contribution in [2.75, 3.05) is 0 Å². The number of pyridine rings is 1. The summed E-state index contributed by atoms with van der Waals surface area (Å²) < 4.78 is 0. The molecule has 26 heavy (non-hydrogen) atoms. The minimum atomic E-state index is -0.333. The number of rotatable bonds is 4. The number of nitrogens with one attached hydrogen (secondary N) is 1. The Morgan fingerprint density at radius 1 is 1.15 bits per heavy atom. The Labute approximate surface area is 149 Å². The second-order valence-corrected chi connectivity index (χ2v) is 6.33. The van der Waals surface area contributed by atoms with Crippen LogP contribution in [0.25, 0.3) is 10.9 Å². The van der Waals surface area contributed by atoms with E-state index in [4.69, 9.17) is 0 Å². The summed E-state index contributed by atoms with van der Waals surface area (Å²) in [5.41, 5.74) is 5.15. The van der Waals surface area contributed by atoms with Crippen LogP contribution >= 0.6 is 0 Å². The second-order valence-electron chi connectivity index (χ2n) is 6.33. The van der Waals surface area contributed by atoms with E-state index in [0.29, 0.717) is 17.0 Å². The van der Waals surface area contributed by atoms with Gasteiger partial charge >= 0.3 is 0 Å². The lowest BCUT2D eigenvalue weighted by molar-refractivity contribution is 0.0956. The van der Waals surface area contributed by atoms with Crippen molar-refractivity contribution in [2.24, 2.45) is 5.10 Å². The molecule has 1 heterocycles. The number of fused-ring (bicyclic) bond motifs is 1. The Bertz CT molecular complexity index is 1030. The highest BCUT2D eigenvalue weighted by atomic mass is 16.3. The zero-order valence-corrected chi connectivity index (χ0v) is 13.9. The number of hydrazone groups is 1. The molecule has 1 saturated carbocycles. The van der Waals surface area contributed by atoms with Gasteiger partial charge in [0.25, 0.3) is 5.91 Å². The van der Waals surface area contributed by atoms with Crippen molar-refractivity contribution in [3.63, 3.8) is 0 Å². The first-order valence-electron chi connectivity index (χ1n) is 8.37. The van der Waals surface area contributed by atoms with Crippen LogP contribution in [-0.2, 0) is 0 Å². The second kappa shape index (κ2) is 6.48. The van der Waals surface area contributed by atoms with E-state index < -0.39 is 0 Å². The molecule has 0 radical (unpaired) electrons. The van der Waals surface area contributed by atoms with Crippen LogP contribution in [0.15, 0.2) is 53.6 Å². The van der Waals surface area contributed by atoms with E-state index in [-0.39, 0.29) is 17.4 Å². The first-order valence-corrected chi connectivity index (χ1v) is 8.37. The Kier molecular flexibility index (Phi) is 4.01. The number of aromatic nitrogens is 1. The summed E-state index contributed by atoms with van der Waals surface area (Å²) in [6.45, 7) is 0. The minimum absolute atomic E-state index is 0.0421. The number of carbonyl (C=O) groups is 1. The van der Waals surface area contributed by atoms with E-state index in [1.807, 2.05) is 30.3 Å². The summed E-state index contributed by atoms with van der Waals surface area (Å²) >= 11 is 0. The third-order valence-corrected chi connectivity index (χ3v) is 4.36. The number of benzene rings is 2. The van der Waals surface area contributed by atoms with Crippen molar-refractivity contribution in [2.45, 2.75) is 18.8 Å². The SMILES string of the molecule is O=C(N/N=C/c1ccc(O)cc1O)c1cc(C2CC2)nc2ccccc12. The van der Waals surface area contributed by atoms with Crippen LogP contribution in [0, 0.1) is 0 Å². The average molecular weight is 347 g/mol. The van der Waals surface area contributed by atoms with Crippen LogP contribution in [0.3, 0.4) is 0 Å². The smallest absolute Gasteiger partial charge is 0.272 e. The largest absolute Gasteiger partial charge is 0.508 e. The number of para-hydroxylation sites is 1. The fraction of sp³-hybridized carbons (Fsp3) is 0.150. The first-order chi connectivity index (χ1) is 12.6. The fourth-order valence-electron chi connectivity index (χ4n) is 2.83. The molecule has 1 fully saturated rings. The molecule has 3 aromatic rings. The summed E-state index contributed by atoms with van der Waals surface area (Å²) in [5, 5.41) is 23.7. The van der Waals surface area contributed by atoms with Crippen LogP contribution in [0.5, 0.6) is 11.5 Å². The van der Waals surface area contributed by atoms with Gasteiger partial charge in [0.1, 0.15) is 11.5 Å². The van der Waals surface area contributed by atoms with Gasteiger partial charge in [-0.2, -0.15) is 5.10 Å². The summed E-state index contributed by atoms with van der Waals surface area (Å²) in [7, 11) is 0. The van der Waals surface area contributed by atoms with Gasteiger partial charge in [-0.3, -0.25) is 9.78 Å². The number of carbonyl (C=O) groups excluding carboxylic acids is 1. The highest BCUT2D eigenvalue weighted by molar-refractivity contribution is 6.06. The minimum Gasteiger partial charge on any atom is -0.508 e. The number of amides is 1. The Hall–Kier alpha value is -3.41. The molecule has 0 bridgehead atoms. The number of hydrogen-bond acceptors (Lipinski definition) is 5. The van der Waals surface area contributed by atoms with Crippen LogP contribution in [0.1, 0.15) is 40.4 Å². The summed E-state index contributed by atoms with van der Waals surface area (Å²) in [4.78, 5) is 17.3. The number of aromatic hydroxyl groups is 2. The molecule has 0 aliphatic heterocycles. The first kappa shape index (κ1) is 16.1. The number of phenolic OH excluding ortho intramolecular Hbond substituents is 2. The Balaban J connectivity index is 1.60. The Morgan fingerprint density at radius 3 is 2.73 bits per heavy atom. The maximum atomic E-state index is 12.6. The van der Waals surface area contributed by atoms with E-state index >= 15 is 0 Å². The lowest BCUT2D eigenvalue weighted by Crippen LogP contribution is -2.18. The van der Waals surface area contributed by atoms with Crippen molar-refractivity contribution >= 4 is 23.0 Å². The van der Waals surface area contributed by atoms with Crippen LogP contribution in [-0.4, -0.2) is 27.3 Å². The van der Waals surface area contributed by atoms with Crippen molar-refractivity contribution in [1.29, 1.82) is 0 Å². The van der Waals surface area contributed by atoms with Crippen molar-refractivity contribution in [1.82, 2.24) is 10.4 Å². The van der Waals surface area contributed by atoms with Gasteiger partial charge in [0.05, 0.1) is 17.3 Å². The van der Waals surface area contributed by atoms with Gasteiger partial charge in [-0.25, -0.2) is 5.43 Å². The molecule has 130 valence electrons. The zero-order chi connectivity index (χ0) is 18.1. The lowest BCUT2D eigenvalue weighted by atomic mass is 10.1. The summed E-state index contributed by atoms with van der Waals surface area (Å²) in [5.74, 6) is -0.0588. The van der Waals surface area contributed by atoms with Gasteiger partial charge in [-0.05, 0) is 37.1 Å². The summed E-state index contributed by atoms with van der Waals surface area (Å²) in [6.07, 6.45) is 3.53. The molecular weight excluding hydrogens is 330 g/mol. The normalized spacial score (nSPS) is 14.0. The van der Waals surface area contributed by atoms with E-state index in [9.17, 15) is 15.0 Å². The topological polar surface area (TPSA) is 94.8 Å². The molecule has 6 nitrogen and oxygen atoms in total. The van der Waals surface area contributed by atoms with E-state index in [2.05, 4.69) is 15.5 Å². The molecule has 0 unspecified atom stereocenters. The van der Waals surface area contributed by atoms with Crippen LogP contribution in [0.2, 0.25) is 0 Å². The molecule has 1 aliphatic rings. The molecule has 3 N–H and O–H groups in total. The molecule has 1 aliphatic carbocycles. The number of nitrogens with zero attached hydrogens (tertiary/aromatic N) is 2. The molecule has 2 aromatic carbocycles. The zero-order valence-electron chi connectivity index (χ0n) is 13.9. The van der Waals surface area contributed by atoms with Gasteiger partial charge in [0.15, 0.2) is 0 Å². The van der Waals surface area contributed by atoms with Gasteiger partial charge < -0.3 is 10.2 Å². The summed E-state index contributed by atoms with van der Waals surface area (Å²) in [6, 6.07) is 13.5. The predicted molar refractivity (Wildman–Crippen MR) is 98.5 cm³/mol. The van der Waals surface area contributed by atoms with E-state index in [0.717, 1.165) is 29.4 Å². The third-order valence-electron chi connectivity index (χ3n) is 4.36. The quantitative estimate of drug-likeness (QED) is 0.498. The van der Waals surface area contributed by atoms with E-state index in [1.165, 1.54) is 24.4 Å². The highest BCUT2D eigenvalue weighted by Crippen LogP contribution is 2.40. The van der Waals surface area contributed by atoms with Gasteiger partial charge in [0, 0.05) is 28.6 Å². The van der Waals surface area contributed by atoms with Crippen molar-refractivity contribution in [3.05, 3.63) is 65.4 Å². The average Bonchev–Trinajstić information content (AvgIpc) is 3.47. The monoisotopic (exact) mass is 347 g/mol. The molecular formula is C20H17N3O3. The number of hydrogen-bond donors (Lipinski definition) is 3. The van der Waals surface area contributed by atoms with Crippen LogP contribution < -0.4 is 5.43 Å². The molecule has 0 saturated heterocycles. The molecule has 6 heteroatoms. The maximum Gasteiger partial charge on any atom is 0.272 e. The van der Waals surface area contributed by atoms with Crippen LogP contribution in [0.4, 0.5) is 0 Å². The third kappa shape index (κ3) is 3.21. The molecule has 1 amide bonds. The predicted octanol–water partition coefficient (Wildman–Crippen LogP) is 3.29. The fourth-order valence-corrected chi connectivity index (χ4v) is 2.83.